The summed E-state index contributed by atoms with van der Waals surface area (Å²) < 4.78 is 5.20. The van der Waals surface area contributed by atoms with E-state index in [-0.39, 0.29) is 11.9 Å². The Morgan fingerprint density at radius 3 is 2.36 bits per heavy atom. The van der Waals surface area contributed by atoms with Crippen LogP contribution in [0.5, 0.6) is 0 Å². The van der Waals surface area contributed by atoms with E-state index in [0.717, 1.165) is 22.4 Å². The number of hydrogen-bond acceptors (Lipinski definition) is 5. The minimum Gasteiger partial charge on any atom is -0.367 e. The molecule has 0 saturated heterocycles. The summed E-state index contributed by atoms with van der Waals surface area (Å²) in [5.41, 5.74) is 11.1. The quantitative estimate of drug-likeness (QED) is 0.289. The molecular formula is C25H18ClN5O2. The number of urea groups is 1. The Labute approximate surface area is 194 Å². The molecule has 0 aliphatic carbocycles. The molecule has 8 heteroatoms. The second-order valence-electron chi connectivity index (χ2n) is 7.33. The number of rotatable bonds is 4. The molecular weight excluding hydrogens is 438 g/mol. The molecule has 0 fully saturated rings. The average molecular weight is 456 g/mol. The van der Waals surface area contributed by atoms with Crippen molar-refractivity contribution in [3.05, 3.63) is 90.0 Å². The summed E-state index contributed by atoms with van der Waals surface area (Å²) in [6.45, 7) is 0. The average Bonchev–Trinajstić information content (AvgIpc) is 3.20. The highest BCUT2D eigenvalue weighted by Crippen LogP contribution is 2.35. The predicted molar refractivity (Wildman–Crippen MR) is 131 cm³/mol. The first kappa shape index (κ1) is 20.5. The smallest absolute Gasteiger partial charge is 0.323 e. The van der Waals surface area contributed by atoms with E-state index in [9.17, 15) is 4.79 Å². The Balaban J connectivity index is 1.43. The zero-order valence-electron chi connectivity index (χ0n) is 17.2. The molecule has 162 valence electrons. The highest BCUT2D eigenvalue weighted by molar-refractivity contribution is 6.30. The number of aromatic nitrogens is 2. The van der Waals surface area contributed by atoms with Crippen molar-refractivity contribution in [1.29, 1.82) is 0 Å². The first-order valence-corrected chi connectivity index (χ1v) is 10.5. The lowest BCUT2D eigenvalue weighted by atomic mass is 10.00. The maximum atomic E-state index is 12.3. The molecule has 33 heavy (non-hydrogen) atoms. The van der Waals surface area contributed by atoms with Crippen molar-refractivity contribution < 1.29 is 9.32 Å². The van der Waals surface area contributed by atoms with E-state index in [2.05, 4.69) is 20.8 Å². The Bertz CT molecular complexity index is 1450. The number of nitrogens with one attached hydrogen (secondary N) is 2. The van der Waals surface area contributed by atoms with E-state index >= 15 is 0 Å². The zero-order chi connectivity index (χ0) is 22.8. The normalized spacial score (nSPS) is 10.8. The second kappa shape index (κ2) is 8.64. The summed E-state index contributed by atoms with van der Waals surface area (Å²) in [4.78, 5) is 16.9. The van der Waals surface area contributed by atoms with Crippen molar-refractivity contribution in [1.82, 2.24) is 10.1 Å². The van der Waals surface area contributed by atoms with Crippen molar-refractivity contribution in [2.45, 2.75) is 0 Å². The summed E-state index contributed by atoms with van der Waals surface area (Å²) in [5, 5.41) is 10.8. The van der Waals surface area contributed by atoms with Gasteiger partial charge in [-0.1, -0.05) is 65.3 Å². The van der Waals surface area contributed by atoms with Gasteiger partial charge in [0.25, 0.3) is 0 Å². The lowest BCUT2D eigenvalue weighted by Gasteiger charge is -2.10. The van der Waals surface area contributed by atoms with Crippen LogP contribution in [-0.4, -0.2) is 16.2 Å². The number of anilines is 3. The van der Waals surface area contributed by atoms with Gasteiger partial charge in [0.15, 0.2) is 0 Å². The number of carbonyl (C=O) groups excluding carboxylic acids is 1. The molecule has 5 rings (SSSR count). The van der Waals surface area contributed by atoms with E-state index in [4.69, 9.17) is 21.9 Å². The van der Waals surface area contributed by atoms with Crippen LogP contribution in [0.3, 0.4) is 0 Å². The van der Waals surface area contributed by atoms with Gasteiger partial charge in [0, 0.05) is 27.5 Å². The highest BCUT2D eigenvalue weighted by atomic mass is 35.5. The van der Waals surface area contributed by atoms with Crippen molar-refractivity contribution in [3.63, 3.8) is 0 Å². The Kier molecular flexibility index (Phi) is 5.38. The maximum Gasteiger partial charge on any atom is 0.323 e. The highest BCUT2D eigenvalue weighted by Gasteiger charge is 2.16. The number of nitrogens with zero attached hydrogens (tertiary/aromatic N) is 2. The van der Waals surface area contributed by atoms with E-state index in [1.807, 2.05) is 60.7 Å². The summed E-state index contributed by atoms with van der Waals surface area (Å²) in [7, 11) is 0. The van der Waals surface area contributed by atoms with Crippen LogP contribution < -0.4 is 16.4 Å². The van der Waals surface area contributed by atoms with Crippen LogP contribution in [0.4, 0.5) is 22.1 Å². The number of benzene rings is 3. The van der Waals surface area contributed by atoms with Crippen molar-refractivity contribution >= 4 is 45.9 Å². The number of fused-ring (bicyclic) bond motifs is 1. The fourth-order valence-corrected chi connectivity index (χ4v) is 3.75. The Morgan fingerprint density at radius 2 is 1.61 bits per heavy atom. The Morgan fingerprint density at radius 1 is 0.848 bits per heavy atom. The number of halogens is 1. The largest absolute Gasteiger partial charge is 0.367 e. The lowest BCUT2D eigenvalue weighted by molar-refractivity contribution is 0.262. The molecule has 2 heterocycles. The van der Waals surface area contributed by atoms with Crippen LogP contribution in [0.25, 0.3) is 33.4 Å². The SMILES string of the molecule is Nc1onc2nc(-c3ccccc3)cc(-c3ccc(NC(=O)Nc4cccc(Cl)c4)cc3)c12. The monoisotopic (exact) mass is 455 g/mol. The second-order valence-corrected chi connectivity index (χ2v) is 7.77. The van der Waals surface area contributed by atoms with Crippen molar-refractivity contribution in [2.75, 3.05) is 16.4 Å². The number of pyridine rings is 1. The first-order valence-electron chi connectivity index (χ1n) is 10.1. The van der Waals surface area contributed by atoms with Gasteiger partial charge in [-0.15, -0.1) is 0 Å². The van der Waals surface area contributed by atoms with Gasteiger partial charge in [0.1, 0.15) is 0 Å². The third kappa shape index (κ3) is 4.35. The summed E-state index contributed by atoms with van der Waals surface area (Å²) >= 11 is 5.96. The van der Waals surface area contributed by atoms with E-state index < -0.39 is 0 Å². The van der Waals surface area contributed by atoms with Gasteiger partial charge in [-0.25, -0.2) is 9.78 Å². The van der Waals surface area contributed by atoms with Gasteiger partial charge in [0.05, 0.1) is 11.1 Å². The topological polar surface area (TPSA) is 106 Å². The molecule has 0 saturated carbocycles. The molecule has 0 spiro atoms. The van der Waals surface area contributed by atoms with Crippen molar-refractivity contribution in [3.8, 4) is 22.4 Å². The number of nitrogen functional groups attached to an aromatic ring is 1. The molecule has 4 N–H and O–H groups in total. The van der Waals surface area contributed by atoms with Gasteiger partial charge in [-0.05, 0) is 42.0 Å². The Hall–Kier alpha value is -4.36. The third-order valence-electron chi connectivity index (χ3n) is 5.08. The molecule has 2 aromatic heterocycles. The fourth-order valence-electron chi connectivity index (χ4n) is 3.56. The number of amides is 2. The van der Waals surface area contributed by atoms with E-state index in [1.165, 1.54) is 0 Å². The van der Waals surface area contributed by atoms with Gasteiger partial charge in [0.2, 0.25) is 11.5 Å². The minimum absolute atomic E-state index is 0.204. The predicted octanol–water partition coefficient (Wildman–Crippen LogP) is 6.44. The van der Waals surface area contributed by atoms with Crippen LogP contribution in [0, 0.1) is 0 Å². The zero-order valence-corrected chi connectivity index (χ0v) is 18.0. The number of hydrogen-bond donors (Lipinski definition) is 3. The van der Waals surface area contributed by atoms with Gasteiger partial charge >= 0.3 is 6.03 Å². The molecule has 0 aliphatic heterocycles. The summed E-state index contributed by atoms with van der Waals surface area (Å²) in [6, 6.07) is 25.7. The van der Waals surface area contributed by atoms with Crippen LogP contribution in [0.15, 0.2) is 89.5 Å². The lowest BCUT2D eigenvalue weighted by Crippen LogP contribution is -2.19. The summed E-state index contributed by atoms with van der Waals surface area (Å²) in [6.07, 6.45) is 0. The molecule has 2 amide bonds. The number of nitrogens with two attached hydrogens (primary N) is 1. The molecule has 0 atom stereocenters. The molecule has 3 aromatic carbocycles. The van der Waals surface area contributed by atoms with Crippen molar-refractivity contribution in [2.24, 2.45) is 0 Å². The minimum atomic E-state index is -0.369. The molecule has 0 unspecified atom stereocenters. The van der Waals surface area contributed by atoms with Crippen LogP contribution in [-0.2, 0) is 0 Å². The van der Waals surface area contributed by atoms with Crippen LogP contribution in [0.1, 0.15) is 0 Å². The molecule has 7 nitrogen and oxygen atoms in total. The van der Waals surface area contributed by atoms with Gasteiger partial charge < -0.3 is 20.9 Å². The van der Waals surface area contributed by atoms with Crippen LogP contribution in [0.2, 0.25) is 5.02 Å². The maximum absolute atomic E-state index is 12.3. The number of carbonyl (C=O) groups is 1. The van der Waals surface area contributed by atoms with Crippen LogP contribution >= 0.6 is 11.6 Å². The molecule has 5 aromatic rings. The van der Waals surface area contributed by atoms with E-state index in [1.54, 1.807) is 24.3 Å². The van der Waals surface area contributed by atoms with Gasteiger partial charge in [-0.2, -0.15) is 0 Å². The summed E-state index contributed by atoms with van der Waals surface area (Å²) in [5.74, 6) is 0.204. The fraction of sp³-hybridized carbons (Fsp3) is 0. The molecule has 0 radical (unpaired) electrons. The molecule has 0 bridgehead atoms. The standard InChI is InChI=1S/C25H18ClN5O2/c26-17-7-4-8-19(13-17)29-25(32)28-18-11-9-15(10-12-18)20-14-21(16-5-2-1-3-6-16)30-24-22(20)23(27)33-31-24/h1-14H,27H2,(H2,28,29,32). The first-order chi connectivity index (χ1) is 16.1. The third-order valence-corrected chi connectivity index (χ3v) is 5.32. The van der Waals surface area contributed by atoms with Gasteiger partial charge in [-0.3, -0.25) is 0 Å². The molecule has 0 aliphatic rings. The van der Waals surface area contributed by atoms with E-state index in [0.29, 0.717) is 27.4 Å².